The van der Waals surface area contributed by atoms with Gasteiger partial charge < -0.3 is 4.74 Å². The maximum Gasteiger partial charge on any atom is 0.308 e. The Labute approximate surface area is 47.6 Å². The summed E-state index contributed by atoms with van der Waals surface area (Å²) in [5.74, 6) is -0.500. The summed E-state index contributed by atoms with van der Waals surface area (Å²) in [5, 5.41) is 0. The van der Waals surface area contributed by atoms with E-state index in [1.807, 2.05) is 0 Å². The van der Waals surface area contributed by atoms with Gasteiger partial charge in [0.2, 0.25) is 6.36 Å². The van der Waals surface area contributed by atoms with Crippen LogP contribution in [0.3, 0.4) is 0 Å². The molecule has 0 bridgehead atoms. The maximum absolute atomic E-state index is 11.7. The smallest absolute Gasteiger partial charge is 0.308 e. The highest BCUT2D eigenvalue weighted by Gasteiger charge is 2.02. The third kappa shape index (κ3) is 3.59. The van der Waals surface area contributed by atoms with Crippen LogP contribution in [0.5, 0.6) is 0 Å². The van der Waals surface area contributed by atoms with Crippen molar-refractivity contribution < 1.29 is 13.9 Å². The van der Waals surface area contributed by atoms with Gasteiger partial charge in [0.15, 0.2) is 0 Å². The molecule has 0 fully saturated rings. The molecule has 2 nitrogen and oxygen atoms in total. The van der Waals surface area contributed by atoms with Crippen LogP contribution in [-0.4, -0.2) is 12.3 Å². The lowest BCUT2D eigenvalue weighted by Gasteiger charge is -2.00. The topological polar surface area (TPSA) is 26.3 Å². The van der Waals surface area contributed by atoms with Crippen molar-refractivity contribution in [2.45, 2.75) is 26.6 Å². The van der Waals surface area contributed by atoms with Gasteiger partial charge in [0.25, 0.3) is 0 Å². The Hall–Kier alpha value is -0.600. The Bertz CT molecular complexity index is 80.5. The number of hydrogen-bond donors (Lipinski definition) is 0. The molecule has 0 radical (unpaired) electrons. The van der Waals surface area contributed by atoms with Gasteiger partial charge in [-0.2, -0.15) is 0 Å². The first-order valence-corrected chi connectivity index (χ1v) is 2.50. The normalized spacial score (nSPS) is 12.9. The minimum atomic E-state index is -1.47. The maximum atomic E-state index is 11.7. The summed E-state index contributed by atoms with van der Waals surface area (Å²) >= 11 is 0. The van der Waals surface area contributed by atoms with Gasteiger partial charge in [-0.25, -0.2) is 4.39 Å². The fraction of sp³-hybridized carbons (Fsp3) is 0.800. The van der Waals surface area contributed by atoms with E-state index in [4.69, 9.17) is 0 Å². The van der Waals surface area contributed by atoms with Gasteiger partial charge in [-0.3, -0.25) is 4.79 Å². The van der Waals surface area contributed by atoms with E-state index in [0.29, 0.717) is 0 Å². The number of halogens is 1. The third-order valence-electron chi connectivity index (χ3n) is 0.583. The number of carbonyl (C=O) groups excluding carboxylic acids is 1. The van der Waals surface area contributed by atoms with Crippen LogP contribution in [0, 0.1) is 0 Å². The van der Waals surface area contributed by atoms with Gasteiger partial charge in [0.05, 0.1) is 0 Å². The SMILES string of the molecule is CCC(=O)OC(C)F. The highest BCUT2D eigenvalue weighted by molar-refractivity contribution is 5.68. The van der Waals surface area contributed by atoms with Crippen LogP contribution in [0.15, 0.2) is 0 Å². The van der Waals surface area contributed by atoms with Crippen LogP contribution in [0.25, 0.3) is 0 Å². The van der Waals surface area contributed by atoms with E-state index in [0.717, 1.165) is 0 Å². The van der Waals surface area contributed by atoms with Crippen molar-refractivity contribution in [1.29, 1.82) is 0 Å². The average Bonchev–Trinajstić information content (AvgIpc) is 1.65. The first kappa shape index (κ1) is 7.40. The predicted molar refractivity (Wildman–Crippen MR) is 27.0 cm³/mol. The second-order valence-corrected chi connectivity index (χ2v) is 1.39. The first-order chi connectivity index (χ1) is 3.66. The molecule has 8 heavy (non-hydrogen) atoms. The monoisotopic (exact) mass is 120 g/mol. The largest absolute Gasteiger partial charge is 0.431 e. The molecule has 0 heterocycles. The molecule has 0 saturated carbocycles. The quantitative estimate of drug-likeness (QED) is 0.513. The van der Waals surface area contributed by atoms with Crippen molar-refractivity contribution in [3.63, 3.8) is 0 Å². The molecule has 3 heteroatoms. The Balaban J connectivity index is 3.25. The van der Waals surface area contributed by atoms with Crippen LogP contribution in [0.2, 0.25) is 0 Å². The minimum Gasteiger partial charge on any atom is -0.431 e. The number of ether oxygens (including phenoxy) is 1. The van der Waals surface area contributed by atoms with Gasteiger partial charge in [-0.15, -0.1) is 0 Å². The number of rotatable bonds is 2. The number of esters is 1. The van der Waals surface area contributed by atoms with Crippen molar-refractivity contribution in [2.24, 2.45) is 0 Å². The molecular weight excluding hydrogens is 111 g/mol. The second-order valence-electron chi connectivity index (χ2n) is 1.39. The van der Waals surface area contributed by atoms with Crippen LogP contribution in [0.1, 0.15) is 20.3 Å². The van der Waals surface area contributed by atoms with Crippen molar-refractivity contribution in [3.8, 4) is 0 Å². The van der Waals surface area contributed by atoms with Crippen molar-refractivity contribution in [3.05, 3.63) is 0 Å². The minimum absolute atomic E-state index is 0.230. The fourth-order valence-electron chi connectivity index (χ4n) is 0.264. The summed E-state index contributed by atoms with van der Waals surface area (Å²) in [6.07, 6.45) is -1.24. The van der Waals surface area contributed by atoms with Crippen molar-refractivity contribution in [1.82, 2.24) is 0 Å². The number of alkyl halides is 1. The highest BCUT2D eigenvalue weighted by atomic mass is 19.1. The third-order valence-corrected chi connectivity index (χ3v) is 0.583. The summed E-state index contributed by atoms with van der Waals surface area (Å²) in [5.41, 5.74) is 0. The standard InChI is InChI=1S/C5H9FO2/c1-3-5(7)8-4(2)6/h4H,3H2,1-2H3. The molecule has 0 rings (SSSR count). The van der Waals surface area contributed by atoms with Crippen LogP contribution in [-0.2, 0) is 9.53 Å². The first-order valence-electron chi connectivity index (χ1n) is 2.50. The molecular formula is C5H9FO2. The number of hydrogen-bond acceptors (Lipinski definition) is 2. The molecule has 0 aromatic rings. The van der Waals surface area contributed by atoms with E-state index in [2.05, 4.69) is 4.74 Å². The highest BCUT2D eigenvalue weighted by Crippen LogP contribution is 1.93. The van der Waals surface area contributed by atoms with Gasteiger partial charge >= 0.3 is 5.97 Å². The molecule has 48 valence electrons. The summed E-state index contributed by atoms with van der Waals surface area (Å²) < 4.78 is 15.8. The molecule has 0 saturated heterocycles. The molecule has 0 aliphatic carbocycles. The molecule has 0 N–H and O–H groups in total. The molecule has 0 aromatic carbocycles. The molecule has 0 aliphatic heterocycles. The van der Waals surface area contributed by atoms with Gasteiger partial charge in [-0.05, 0) is 0 Å². The van der Waals surface area contributed by atoms with E-state index < -0.39 is 12.3 Å². The zero-order valence-electron chi connectivity index (χ0n) is 4.98. The zero-order chi connectivity index (χ0) is 6.57. The van der Waals surface area contributed by atoms with Crippen molar-refractivity contribution in [2.75, 3.05) is 0 Å². The van der Waals surface area contributed by atoms with E-state index in [9.17, 15) is 9.18 Å². The number of carbonyl (C=O) groups is 1. The Kier molecular flexibility index (Phi) is 3.15. The average molecular weight is 120 g/mol. The van der Waals surface area contributed by atoms with Gasteiger partial charge in [0.1, 0.15) is 0 Å². The lowest BCUT2D eigenvalue weighted by atomic mass is 10.5. The van der Waals surface area contributed by atoms with Crippen LogP contribution < -0.4 is 0 Å². The van der Waals surface area contributed by atoms with E-state index in [1.54, 1.807) is 6.92 Å². The molecule has 0 aliphatic rings. The summed E-state index contributed by atoms with van der Waals surface area (Å²) in [6, 6.07) is 0. The lowest BCUT2D eigenvalue weighted by Crippen LogP contribution is -2.08. The molecule has 0 amide bonds. The van der Waals surface area contributed by atoms with Crippen molar-refractivity contribution >= 4 is 5.97 Å². The predicted octanol–water partition coefficient (Wildman–Crippen LogP) is 1.26. The summed E-state index contributed by atoms with van der Waals surface area (Å²) in [7, 11) is 0. The Morgan fingerprint density at radius 2 is 2.38 bits per heavy atom. The van der Waals surface area contributed by atoms with E-state index in [-0.39, 0.29) is 6.42 Å². The van der Waals surface area contributed by atoms with Crippen LogP contribution in [0.4, 0.5) is 4.39 Å². The Morgan fingerprint density at radius 1 is 1.88 bits per heavy atom. The molecule has 0 spiro atoms. The zero-order valence-corrected chi connectivity index (χ0v) is 4.98. The van der Waals surface area contributed by atoms with Gasteiger partial charge in [-0.1, -0.05) is 6.92 Å². The summed E-state index contributed by atoms with van der Waals surface area (Å²) in [4.78, 5) is 10.2. The molecule has 1 atom stereocenters. The van der Waals surface area contributed by atoms with Gasteiger partial charge in [0, 0.05) is 13.3 Å². The van der Waals surface area contributed by atoms with E-state index >= 15 is 0 Å². The molecule has 0 aromatic heterocycles. The second kappa shape index (κ2) is 3.41. The van der Waals surface area contributed by atoms with E-state index in [1.165, 1.54) is 6.92 Å². The summed E-state index contributed by atoms with van der Waals surface area (Å²) in [6.45, 7) is 2.79. The Morgan fingerprint density at radius 3 is 2.50 bits per heavy atom. The molecule has 1 unspecified atom stereocenters. The van der Waals surface area contributed by atoms with Crippen LogP contribution >= 0.6 is 0 Å². The fourth-order valence-corrected chi connectivity index (χ4v) is 0.264. The lowest BCUT2D eigenvalue weighted by molar-refractivity contribution is -0.155.